The molecule has 0 unspecified atom stereocenters. The monoisotopic (exact) mass is 287 g/mol. The van der Waals surface area contributed by atoms with E-state index in [9.17, 15) is 9.59 Å². The summed E-state index contributed by atoms with van der Waals surface area (Å²) in [5.74, 6) is -0.239. The fourth-order valence-electron chi connectivity index (χ4n) is 2.72. The number of amides is 2. The standard InChI is InChI=1S/C16H21N3O2/c17-16(8-1-2-9-16)15(21)19-13-5-3-4-11(10-13)14(20)18-12-6-7-12/h3-5,10,12H,1-2,6-9,17H2,(H,18,20)(H,19,21). The zero-order valence-corrected chi connectivity index (χ0v) is 12.0. The summed E-state index contributed by atoms with van der Waals surface area (Å²) in [6.45, 7) is 0. The van der Waals surface area contributed by atoms with E-state index in [0.29, 0.717) is 17.3 Å². The van der Waals surface area contributed by atoms with Crippen molar-refractivity contribution in [3.8, 4) is 0 Å². The van der Waals surface area contributed by atoms with Gasteiger partial charge in [-0.05, 0) is 43.9 Å². The second-order valence-corrected chi connectivity index (χ2v) is 6.15. The van der Waals surface area contributed by atoms with E-state index < -0.39 is 5.54 Å². The Kier molecular flexibility index (Phi) is 3.68. The maximum atomic E-state index is 12.3. The highest BCUT2D eigenvalue weighted by atomic mass is 16.2. The van der Waals surface area contributed by atoms with Gasteiger partial charge in [0.1, 0.15) is 0 Å². The maximum absolute atomic E-state index is 12.3. The molecule has 2 aliphatic carbocycles. The lowest BCUT2D eigenvalue weighted by molar-refractivity contribution is -0.121. The van der Waals surface area contributed by atoms with Crippen molar-refractivity contribution in [2.24, 2.45) is 5.73 Å². The van der Waals surface area contributed by atoms with E-state index in [1.54, 1.807) is 24.3 Å². The van der Waals surface area contributed by atoms with Crippen molar-refractivity contribution in [3.63, 3.8) is 0 Å². The van der Waals surface area contributed by atoms with Crippen LogP contribution in [0.3, 0.4) is 0 Å². The van der Waals surface area contributed by atoms with Crippen LogP contribution < -0.4 is 16.4 Å². The highest BCUT2D eigenvalue weighted by Crippen LogP contribution is 2.28. The van der Waals surface area contributed by atoms with Gasteiger partial charge < -0.3 is 16.4 Å². The van der Waals surface area contributed by atoms with Crippen LogP contribution in [0.2, 0.25) is 0 Å². The first kappa shape index (κ1) is 14.1. The highest BCUT2D eigenvalue weighted by molar-refractivity contribution is 6.00. The molecule has 4 N–H and O–H groups in total. The summed E-state index contributed by atoms with van der Waals surface area (Å²) in [5, 5.41) is 5.78. The van der Waals surface area contributed by atoms with Crippen molar-refractivity contribution >= 4 is 17.5 Å². The normalized spacial score (nSPS) is 20.0. The average Bonchev–Trinajstić information content (AvgIpc) is 3.17. The molecule has 2 saturated carbocycles. The molecule has 112 valence electrons. The Bertz CT molecular complexity index is 560. The fraction of sp³-hybridized carbons (Fsp3) is 0.500. The number of nitrogens with two attached hydrogens (primary N) is 1. The molecule has 0 saturated heterocycles. The Morgan fingerprint density at radius 1 is 1.19 bits per heavy atom. The molecule has 2 fully saturated rings. The number of carbonyl (C=O) groups is 2. The molecule has 0 aromatic heterocycles. The number of benzene rings is 1. The predicted octanol–water partition coefficient (Wildman–Crippen LogP) is 1.79. The van der Waals surface area contributed by atoms with Crippen LogP contribution in [-0.2, 0) is 4.79 Å². The summed E-state index contributed by atoms with van der Waals surface area (Å²) < 4.78 is 0. The van der Waals surface area contributed by atoms with Crippen molar-refractivity contribution in [3.05, 3.63) is 29.8 Å². The Balaban J connectivity index is 1.67. The molecule has 2 amide bonds. The van der Waals surface area contributed by atoms with Crippen LogP contribution in [-0.4, -0.2) is 23.4 Å². The van der Waals surface area contributed by atoms with Gasteiger partial charge >= 0.3 is 0 Å². The summed E-state index contributed by atoms with van der Waals surface area (Å²) in [5.41, 5.74) is 6.57. The predicted molar refractivity (Wildman–Crippen MR) is 80.9 cm³/mol. The lowest BCUT2D eigenvalue weighted by Gasteiger charge is -2.22. The van der Waals surface area contributed by atoms with Gasteiger partial charge in [-0.3, -0.25) is 9.59 Å². The average molecular weight is 287 g/mol. The molecule has 0 heterocycles. The summed E-state index contributed by atoms with van der Waals surface area (Å²) >= 11 is 0. The van der Waals surface area contributed by atoms with Crippen LogP contribution in [0.15, 0.2) is 24.3 Å². The Hall–Kier alpha value is -1.88. The van der Waals surface area contributed by atoms with Crippen molar-refractivity contribution in [1.82, 2.24) is 5.32 Å². The molecule has 3 rings (SSSR count). The first-order chi connectivity index (χ1) is 10.1. The van der Waals surface area contributed by atoms with Gasteiger partial charge in [-0.25, -0.2) is 0 Å². The second-order valence-electron chi connectivity index (χ2n) is 6.15. The van der Waals surface area contributed by atoms with E-state index >= 15 is 0 Å². The van der Waals surface area contributed by atoms with Crippen molar-refractivity contribution in [1.29, 1.82) is 0 Å². The van der Waals surface area contributed by atoms with E-state index in [4.69, 9.17) is 5.73 Å². The number of rotatable bonds is 4. The van der Waals surface area contributed by atoms with Crippen LogP contribution in [0.4, 0.5) is 5.69 Å². The quantitative estimate of drug-likeness (QED) is 0.789. The summed E-state index contributed by atoms with van der Waals surface area (Å²) in [6.07, 6.45) is 5.54. The molecule has 21 heavy (non-hydrogen) atoms. The van der Waals surface area contributed by atoms with Gasteiger partial charge in [0.15, 0.2) is 0 Å². The smallest absolute Gasteiger partial charge is 0.251 e. The minimum absolute atomic E-state index is 0.0862. The van der Waals surface area contributed by atoms with Crippen molar-refractivity contribution in [2.75, 3.05) is 5.32 Å². The van der Waals surface area contributed by atoms with E-state index in [1.807, 2.05) is 0 Å². The van der Waals surface area contributed by atoms with Crippen molar-refractivity contribution < 1.29 is 9.59 Å². The first-order valence-corrected chi connectivity index (χ1v) is 7.58. The molecule has 5 nitrogen and oxygen atoms in total. The summed E-state index contributed by atoms with van der Waals surface area (Å²) in [6, 6.07) is 7.33. The Morgan fingerprint density at radius 2 is 1.90 bits per heavy atom. The zero-order chi connectivity index (χ0) is 14.9. The molecule has 2 aliphatic rings. The van der Waals surface area contributed by atoms with Gasteiger partial charge in [0.05, 0.1) is 5.54 Å². The molecule has 0 spiro atoms. The second kappa shape index (κ2) is 5.48. The number of hydrogen-bond acceptors (Lipinski definition) is 3. The minimum atomic E-state index is -0.758. The maximum Gasteiger partial charge on any atom is 0.251 e. The third kappa shape index (κ3) is 3.24. The molecular weight excluding hydrogens is 266 g/mol. The number of hydrogen-bond donors (Lipinski definition) is 3. The highest BCUT2D eigenvalue weighted by Gasteiger charge is 2.37. The fourth-order valence-corrected chi connectivity index (χ4v) is 2.72. The van der Waals surface area contributed by atoms with Gasteiger partial charge in [-0.15, -0.1) is 0 Å². The third-order valence-electron chi connectivity index (χ3n) is 4.24. The van der Waals surface area contributed by atoms with E-state index in [0.717, 1.165) is 38.5 Å². The van der Waals surface area contributed by atoms with Crippen LogP contribution >= 0.6 is 0 Å². The zero-order valence-electron chi connectivity index (χ0n) is 12.0. The van der Waals surface area contributed by atoms with Gasteiger partial charge in [0, 0.05) is 17.3 Å². The van der Waals surface area contributed by atoms with E-state index in [2.05, 4.69) is 10.6 Å². The lowest BCUT2D eigenvalue weighted by atomic mass is 9.98. The molecule has 0 radical (unpaired) electrons. The topological polar surface area (TPSA) is 84.2 Å². The minimum Gasteiger partial charge on any atom is -0.349 e. The third-order valence-corrected chi connectivity index (χ3v) is 4.24. The molecular formula is C16H21N3O2. The van der Waals surface area contributed by atoms with Crippen LogP contribution in [0, 0.1) is 0 Å². The molecule has 0 aliphatic heterocycles. The number of nitrogens with one attached hydrogen (secondary N) is 2. The molecule has 5 heteroatoms. The van der Waals surface area contributed by atoms with Gasteiger partial charge in [-0.1, -0.05) is 18.9 Å². The first-order valence-electron chi connectivity index (χ1n) is 7.58. The van der Waals surface area contributed by atoms with Crippen molar-refractivity contribution in [2.45, 2.75) is 50.1 Å². The van der Waals surface area contributed by atoms with Gasteiger partial charge in [0.2, 0.25) is 5.91 Å². The van der Waals surface area contributed by atoms with E-state index in [-0.39, 0.29) is 11.8 Å². The molecule has 0 bridgehead atoms. The number of carbonyl (C=O) groups excluding carboxylic acids is 2. The van der Waals surface area contributed by atoms with Gasteiger partial charge in [-0.2, -0.15) is 0 Å². The molecule has 1 aromatic carbocycles. The summed E-state index contributed by atoms with van der Waals surface area (Å²) in [4.78, 5) is 24.3. The summed E-state index contributed by atoms with van der Waals surface area (Å²) in [7, 11) is 0. The molecule has 1 aromatic rings. The Morgan fingerprint density at radius 3 is 2.57 bits per heavy atom. The van der Waals surface area contributed by atoms with Crippen LogP contribution in [0.25, 0.3) is 0 Å². The SMILES string of the molecule is NC1(C(=O)Nc2cccc(C(=O)NC3CC3)c2)CCCC1. The van der Waals surface area contributed by atoms with E-state index in [1.165, 1.54) is 0 Å². The largest absolute Gasteiger partial charge is 0.349 e. The van der Waals surface area contributed by atoms with Gasteiger partial charge in [0.25, 0.3) is 5.91 Å². The van der Waals surface area contributed by atoms with Crippen LogP contribution in [0.1, 0.15) is 48.9 Å². The van der Waals surface area contributed by atoms with Crippen LogP contribution in [0.5, 0.6) is 0 Å². The Labute approximate surface area is 124 Å². The lowest BCUT2D eigenvalue weighted by Crippen LogP contribution is -2.48. The molecule has 0 atom stereocenters. The number of anilines is 1.